The van der Waals surface area contributed by atoms with E-state index in [9.17, 15) is 17.6 Å². The predicted octanol–water partition coefficient (Wildman–Crippen LogP) is 4.74. The molecule has 2 N–H and O–H groups in total. The lowest BCUT2D eigenvalue weighted by molar-refractivity contribution is -0.137. The zero-order valence-electron chi connectivity index (χ0n) is 10.8. The monoisotopic (exact) mass is 317 g/mol. The van der Waals surface area contributed by atoms with Crippen LogP contribution >= 0.6 is 11.6 Å². The van der Waals surface area contributed by atoms with Crippen molar-refractivity contribution in [3.63, 3.8) is 0 Å². The number of hydrogen-bond donors (Lipinski definition) is 1. The van der Waals surface area contributed by atoms with Gasteiger partial charge < -0.3 is 5.73 Å². The Morgan fingerprint density at radius 1 is 1.05 bits per heavy atom. The molecular formula is C15H12ClF4N. The molecule has 0 aliphatic carbocycles. The molecule has 0 amide bonds. The first-order valence-electron chi connectivity index (χ1n) is 6.14. The third-order valence-electron chi connectivity index (χ3n) is 3.09. The van der Waals surface area contributed by atoms with E-state index in [-0.39, 0.29) is 6.42 Å². The molecule has 112 valence electrons. The maximum Gasteiger partial charge on any atom is 0.416 e. The van der Waals surface area contributed by atoms with Crippen molar-refractivity contribution in [3.05, 3.63) is 70.0 Å². The van der Waals surface area contributed by atoms with E-state index in [4.69, 9.17) is 17.3 Å². The zero-order chi connectivity index (χ0) is 15.6. The van der Waals surface area contributed by atoms with E-state index >= 15 is 0 Å². The number of halogens is 5. The highest BCUT2D eigenvalue weighted by atomic mass is 35.5. The second-order valence-electron chi connectivity index (χ2n) is 4.67. The van der Waals surface area contributed by atoms with Crippen LogP contribution in [0.2, 0.25) is 5.02 Å². The fourth-order valence-corrected chi connectivity index (χ4v) is 2.25. The molecule has 21 heavy (non-hydrogen) atoms. The van der Waals surface area contributed by atoms with E-state index in [2.05, 4.69) is 0 Å². The van der Waals surface area contributed by atoms with E-state index < -0.39 is 23.6 Å². The highest BCUT2D eigenvalue weighted by molar-refractivity contribution is 6.31. The quantitative estimate of drug-likeness (QED) is 0.813. The van der Waals surface area contributed by atoms with E-state index in [0.29, 0.717) is 16.1 Å². The minimum absolute atomic E-state index is 0.265. The molecule has 2 aromatic rings. The predicted molar refractivity (Wildman–Crippen MR) is 73.5 cm³/mol. The van der Waals surface area contributed by atoms with Crippen molar-refractivity contribution in [3.8, 4) is 0 Å². The highest BCUT2D eigenvalue weighted by Crippen LogP contribution is 2.30. The van der Waals surface area contributed by atoms with Crippen LogP contribution in [0.1, 0.15) is 22.7 Å². The van der Waals surface area contributed by atoms with Crippen LogP contribution in [-0.4, -0.2) is 0 Å². The van der Waals surface area contributed by atoms with Gasteiger partial charge in [-0.05, 0) is 47.9 Å². The molecule has 2 aromatic carbocycles. The summed E-state index contributed by atoms with van der Waals surface area (Å²) in [6, 6.07) is 7.97. The Labute approximate surface area is 124 Å². The van der Waals surface area contributed by atoms with Crippen LogP contribution in [-0.2, 0) is 12.6 Å². The molecule has 0 saturated carbocycles. The number of hydrogen-bond acceptors (Lipinski definition) is 1. The molecule has 0 radical (unpaired) electrons. The average molecular weight is 318 g/mol. The number of rotatable bonds is 3. The molecule has 0 aromatic heterocycles. The topological polar surface area (TPSA) is 26.0 Å². The van der Waals surface area contributed by atoms with Gasteiger partial charge in [0.2, 0.25) is 0 Å². The normalized spacial score (nSPS) is 13.2. The van der Waals surface area contributed by atoms with E-state index in [1.54, 1.807) is 0 Å². The van der Waals surface area contributed by atoms with Gasteiger partial charge in [0.1, 0.15) is 5.82 Å². The van der Waals surface area contributed by atoms with Crippen LogP contribution in [0.4, 0.5) is 17.6 Å². The number of nitrogens with two attached hydrogens (primary N) is 1. The van der Waals surface area contributed by atoms with Gasteiger partial charge in [0.15, 0.2) is 0 Å². The Bertz CT molecular complexity index is 623. The van der Waals surface area contributed by atoms with E-state index in [1.165, 1.54) is 30.3 Å². The summed E-state index contributed by atoms with van der Waals surface area (Å²) in [5, 5.41) is 0.329. The second-order valence-corrected chi connectivity index (χ2v) is 5.08. The van der Waals surface area contributed by atoms with Crippen molar-refractivity contribution in [1.29, 1.82) is 0 Å². The lowest BCUT2D eigenvalue weighted by atomic mass is 9.98. The van der Waals surface area contributed by atoms with Crippen molar-refractivity contribution in [1.82, 2.24) is 0 Å². The fraction of sp³-hybridized carbons (Fsp3) is 0.200. The van der Waals surface area contributed by atoms with Crippen molar-refractivity contribution in [2.45, 2.75) is 18.6 Å². The van der Waals surface area contributed by atoms with Crippen molar-refractivity contribution < 1.29 is 17.6 Å². The van der Waals surface area contributed by atoms with Crippen molar-refractivity contribution in [2.75, 3.05) is 0 Å². The van der Waals surface area contributed by atoms with Gasteiger partial charge in [-0.2, -0.15) is 13.2 Å². The summed E-state index contributed by atoms with van der Waals surface area (Å²) in [4.78, 5) is 0. The molecule has 0 fully saturated rings. The van der Waals surface area contributed by atoms with Crippen molar-refractivity contribution >= 4 is 11.6 Å². The fourth-order valence-electron chi connectivity index (χ4n) is 1.99. The van der Waals surface area contributed by atoms with Crippen LogP contribution < -0.4 is 5.73 Å². The summed E-state index contributed by atoms with van der Waals surface area (Å²) in [5.41, 5.74) is 6.28. The van der Waals surface area contributed by atoms with Gasteiger partial charge in [-0.1, -0.05) is 23.7 Å². The molecular weight excluding hydrogens is 306 g/mol. The van der Waals surface area contributed by atoms with Gasteiger partial charge in [-0.3, -0.25) is 0 Å². The van der Waals surface area contributed by atoms with Crippen LogP contribution in [0, 0.1) is 5.82 Å². The zero-order valence-corrected chi connectivity index (χ0v) is 11.5. The first kappa shape index (κ1) is 15.8. The molecule has 0 spiro atoms. The number of alkyl halides is 3. The molecule has 1 unspecified atom stereocenters. The molecule has 0 saturated heterocycles. The summed E-state index contributed by atoms with van der Waals surface area (Å²) in [6.07, 6.45) is -4.10. The number of benzene rings is 2. The molecule has 0 bridgehead atoms. The van der Waals surface area contributed by atoms with Gasteiger partial charge in [-0.15, -0.1) is 0 Å². The van der Waals surface area contributed by atoms with Crippen LogP contribution in [0.25, 0.3) is 0 Å². The average Bonchev–Trinajstić information content (AvgIpc) is 2.41. The van der Waals surface area contributed by atoms with Crippen LogP contribution in [0.5, 0.6) is 0 Å². The Morgan fingerprint density at radius 3 is 2.24 bits per heavy atom. The highest BCUT2D eigenvalue weighted by Gasteiger charge is 2.30. The summed E-state index contributed by atoms with van der Waals surface area (Å²) < 4.78 is 50.6. The smallest absolute Gasteiger partial charge is 0.324 e. The first-order chi connectivity index (χ1) is 9.77. The first-order valence-corrected chi connectivity index (χ1v) is 6.52. The lowest BCUT2D eigenvalue weighted by Crippen LogP contribution is -2.14. The van der Waals surface area contributed by atoms with Gasteiger partial charge in [0, 0.05) is 11.1 Å². The second kappa shape index (κ2) is 6.03. The maximum absolute atomic E-state index is 13.2. The molecule has 0 heterocycles. The van der Waals surface area contributed by atoms with Crippen LogP contribution in [0.3, 0.4) is 0 Å². The van der Waals surface area contributed by atoms with E-state index in [0.717, 1.165) is 12.1 Å². The summed E-state index contributed by atoms with van der Waals surface area (Å²) >= 11 is 5.95. The molecule has 0 aliphatic heterocycles. The molecule has 1 nitrogen and oxygen atoms in total. The summed E-state index contributed by atoms with van der Waals surface area (Å²) in [5.74, 6) is -0.461. The third-order valence-corrected chi connectivity index (χ3v) is 3.44. The SMILES string of the molecule is NC(Cc1ccc(C(F)(F)F)cc1)c1cc(F)ccc1Cl. The minimum atomic E-state index is -4.37. The summed E-state index contributed by atoms with van der Waals surface area (Å²) in [6.45, 7) is 0. The Balaban J connectivity index is 2.16. The standard InChI is InChI=1S/C15H12ClF4N/c16-13-6-5-11(17)8-12(13)14(21)7-9-1-3-10(4-2-9)15(18,19)20/h1-6,8,14H,7,21H2. The van der Waals surface area contributed by atoms with Gasteiger partial charge in [0.25, 0.3) is 0 Å². The lowest BCUT2D eigenvalue weighted by Gasteiger charge is -2.14. The minimum Gasteiger partial charge on any atom is -0.324 e. The summed E-state index contributed by atoms with van der Waals surface area (Å²) in [7, 11) is 0. The van der Waals surface area contributed by atoms with Gasteiger partial charge in [0.05, 0.1) is 5.56 Å². The maximum atomic E-state index is 13.2. The Hall–Kier alpha value is -1.59. The largest absolute Gasteiger partial charge is 0.416 e. The van der Waals surface area contributed by atoms with Crippen molar-refractivity contribution in [2.24, 2.45) is 5.73 Å². The third kappa shape index (κ3) is 3.95. The molecule has 1 atom stereocenters. The Morgan fingerprint density at radius 2 is 1.67 bits per heavy atom. The Kier molecular flexibility index (Phi) is 4.54. The van der Waals surface area contributed by atoms with Gasteiger partial charge in [-0.25, -0.2) is 4.39 Å². The molecule has 2 rings (SSSR count). The molecule has 6 heteroatoms. The van der Waals surface area contributed by atoms with Crippen LogP contribution in [0.15, 0.2) is 42.5 Å². The van der Waals surface area contributed by atoms with E-state index in [1.807, 2.05) is 0 Å². The molecule has 0 aliphatic rings. The van der Waals surface area contributed by atoms with Gasteiger partial charge >= 0.3 is 6.18 Å².